The van der Waals surface area contributed by atoms with Crippen LogP contribution >= 0.6 is 23.1 Å². The Morgan fingerprint density at radius 2 is 1.30 bits per heavy atom. The average Bonchev–Trinajstić information content (AvgIpc) is 2.58. The first-order valence-corrected chi connectivity index (χ1v) is 12.4. The Kier molecular flexibility index (Phi) is 7.80. The van der Waals surface area contributed by atoms with Crippen molar-refractivity contribution in [3.63, 3.8) is 0 Å². The lowest BCUT2D eigenvalue weighted by atomic mass is 9.91. The Morgan fingerprint density at radius 3 is 1.80 bits per heavy atom. The Bertz CT molecular complexity index is 883. The highest BCUT2D eigenvalue weighted by Gasteiger charge is 2.31. The van der Waals surface area contributed by atoms with Gasteiger partial charge in [-0.25, -0.2) is 0 Å². The molecule has 0 aliphatic carbocycles. The molecule has 0 saturated carbocycles. The highest BCUT2D eigenvalue weighted by molar-refractivity contribution is 8.06. The molecule has 0 bridgehead atoms. The molecule has 0 saturated heterocycles. The molecule has 0 nitrogen and oxygen atoms in total. The Morgan fingerprint density at radius 1 is 0.733 bits per heavy atom. The largest absolute Gasteiger partial charge is 0.219 e. The molecule has 0 amide bonds. The lowest BCUT2D eigenvalue weighted by molar-refractivity contribution is 0.533. The first kappa shape index (κ1) is 24.9. The van der Waals surface area contributed by atoms with Gasteiger partial charge >= 0.3 is 0 Å². The van der Waals surface area contributed by atoms with Gasteiger partial charge in [0.2, 0.25) is 21.1 Å². The summed E-state index contributed by atoms with van der Waals surface area (Å²) in [5, 5.41) is 0. The third-order valence-corrected chi connectivity index (χ3v) is 8.06. The van der Waals surface area contributed by atoms with Crippen LogP contribution in [0.25, 0.3) is 6.08 Å². The predicted octanol–water partition coefficient (Wildman–Crippen LogP) is 9.70. The number of hydrogen-bond donors (Lipinski definition) is 0. The Balaban J connectivity index is 2.24. The van der Waals surface area contributed by atoms with Crippen LogP contribution in [0.1, 0.15) is 84.6 Å². The summed E-state index contributed by atoms with van der Waals surface area (Å²) >= 11 is 3.83. The highest BCUT2D eigenvalue weighted by atomic mass is 32.2. The lowest BCUT2D eigenvalue weighted by Gasteiger charge is -2.25. The van der Waals surface area contributed by atoms with E-state index in [4.69, 9.17) is 0 Å². The van der Waals surface area contributed by atoms with Crippen molar-refractivity contribution < 1.29 is 0 Å². The first-order chi connectivity index (χ1) is 13.7. The third-order valence-electron chi connectivity index (χ3n) is 4.77. The minimum atomic E-state index is 0.162. The summed E-state index contributed by atoms with van der Waals surface area (Å²) in [7, 11) is 0. The smallest absolute Gasteiger partial charge is 0.0987 e. The van der Waals surface area contributed by atoms with Crippen molar-refractivity contribution in [2.24, 2.45) is 5.41 Å². The molecule has 0 radical (unpaired) electrons. The van der Waals surface area contributed by atoms with Crippen LogP contribution in [0.15, 0.2) is 64.0 Å². The van der Waals surface area contributed by atoms with Crippen molar-refractivity contribution in [1.82, 2.24) is 0 Å². The minimum Gasteiger partial charge on any atom is -0.0987 e. The van der Waals surface area contributed by atoms with Crippen molar-refractivity contribution in [1.29, 1.82) is 0 Å². The van der Waals surface area contributed by atoms with Crippen molar-refractivity contribution in [3.8, 4) is 0 Å². The van der Waals surface area contributed by atoms with Crippen molar-refractivity contribution in [2.75, 3.05) is 0 Å². The van der Waals surface area contributed by atoms with E-state index >= 15 is 0 Å². The van der Waals surface area contributed by atoms with Crippen molar-refractivity contribution in [3.05, 3.63) is 79.3 Å². The molecule has 0 atom stereocenters. The predicted molar refractivity (Wildman–Crippen MR) is 141 cm³/mol. The van der Waals surface area contributed by atoms with Gasteiger partial charge in [0, 0.05) is 23.0 Å². The lowest BCUT2D eigenvalue weighted by Crippen LogP contribution is -2.14. The van der Waals surface area contributed by atoms with E-state index < -0.39 is 0 Å². The highest BCUT2D eigenvalue weighted by Crippen LogP contribution is 2.42. The molecule has 2 rings (SSSR count). The van der Waals surface area contributed by atoms with E-state index in [0.29, 0.717) is 0 Å². The van der Waals surface area contributed by atoms with E-state index in [1.54, 1.807) is 0 Å². The zero-order valence-corrected chi connectivity index (χ0v) is 22.1. The van der Waals surface area contributed by atoms with Crippen LogP contribution in [0.4, 0.5) is 0 Å². The summed E-state index contributed by atoms with van der Waals surface area (Å²) < 4.78 is 0. The molecular weight excluding hydrogens is 400 g/mol. The molecule has 2 heterocycles. The van der Waals surface area contributed by atoms with Gasteiger partial charge in [0.05, 0.1) is 0 Å². The molecule has 0 unspecified atom stereocenters. The van der Waals surface area contributed by atoms with Crippen LogP contribution in [0.2, 0.25) is 0 Å². The van der Waals surface area contributed by atoms with Gasteiger partial charge in [-0.15, -0.1) is 0 Å². The standard InChI is InChI=1S/C28H39S2/c1-20-16-21(17-23(29-20)26(2,3)4)14-12-11-13-15-22-18-24(27(5,6)7)30-25(19-22)28(8,9)10/h11-19H,1-10H3/q+1. The maximum Gasteiger partial charge on any atom is 0.219 e. The summed E-state index contributed by atoms with van der Waals surface area (Å²) in [6, 6.07) is 4.68. The van der Waals surface area contributed by atoms with Crippen molar-refractivity contribution >= 4 is 29.2 Å². The normalized spacial score (nSPS) is 17.7. The summed E-state index contributed by atoms with van der Waals surface area (Å²) in [5.74, 6) is 0. The van der Waals surface area contributed by atoms with Crippen LogP contribution in [0.5, 0.6) is 0 Å². The van der Waals surface area contributed by atoms with Gasteiger partial charge < -0.3 is 0 Å². The SMILES string of the molecule is CC1=C\C(=C/C=C/C=C/c2cc(C(C)(C)C)[s+]c(C(C)(C)C)c2)C=C(C(C)(C)C)S1. The van der Waals surface area contributed by atoms with Crippen LogP contribution in [0, 0.1) is 5.41 Å². The Hall–Kier alpha value is -1.38. The van der Waals surface area contributed by atoms with E-state index in [9.17, 15) is 0 Å². The zero-order valence-electron chi connectivity index (χ0n) is 20.5. The fourth-order valence-corrected chi connectivity index (χ4v) is 5.16. The molecule has 1 aromatic heterocycles. The van der Waals surface area contributed by atoms with E-state index in [0.717, 1.165) is 0 Å². The average molecular weight is 440 g/mol. The molecule has 162 valence electrons. The topological polar surface area (TPSA) is 0 Å². The molecule has 0 fully saturated rings. The minimum absolute atomic E-state index is 0.162. The van der Waals surface area contributed by atoms with E-state index in [-0.39, 0.29) is 16.2 Å². The van der Waals surface area contributed by atoms with E-state index in [1.807, 2.05) is 23.1 Å². The summed E-state index contributed by atoms with van der Waals surface area (Å²) in [4.78, 5) is 5.64. The van der Waals surface area contributed by atoms with Gasteiger partial charge in [0.15, 0.2) is 0 Å². The maximum absolute atomic E-state index is 2.34. The molecule has 1 aromatic rings. The van der Waals surface area contributed by atoms with Crippen LogP contribution in [-0.4, -0.2) is 0 Å². The van der Waals surface area contributed by atoms with Gasteiger partial charge in [-0.05, 0) is 45.4 Å². The van der Waals surface area contributed by atoms with E-state index in [2.05, 4.69) is 124 Å². The molecule has 0 aromatic carbocycles. The third kappa shape index (κ3) is 7.39. The molecular formula is C28H39S2+. The van der Waals surface area contributed by atoms with Gasteiger partial charge in [-0.1, -0.05) is 104 Å². The molecule has 0 N–H and O–H groups in total. The summed E-state index contributed by atoms with van der Waals surface area (Å²) in [6.07, 6.45) is 15.4. The van der Waals surface area contributed by atoms with Gasteiger partial charge in [-0.2, -0.15) is 0 Å². The summed E-state index contributed by atoms with van der Waals surface area (Å²) in [6.45, 7) is 22.8. The second-order valence-corrected chi connectivity index (χ2v) is 13.5. The maximum atomic E-state index is 2.34. The molecule has 1 aliphatic heterocycles. The fourth-order valence-electron chi connectivity index (χ4n) is 2.88. The zero-order chi connectivity index (χ0) is 22.7. The summed E-state index contributed by atoms with van der Waals surface area (Å²) in [5.41, 5.74) is 3.06. The second-order valence-electron chi connectivity index (χ2n) is 11.1. The fraction of sp³-hybridized carbons (Fsp3) is 0.464. The number of hydrogen-bond acceptors (Lipinski definition) is 1. The molecule has 2 heteroatoms. The number of thioether (sulfide) groups is 1. The van der Waals surface area contributed by atoms with Gasteiger partial charge in [-0.3, -0.25) is 0 Å². The van der Waals surface area contributed by atoms with Crippen LogP contribution in [-0.2, 0) is 10.8 Å². The van der Waals surface area contributed by atoms with Gasteiger partial charge in [0.25, 0.3) is 0 Å². The quantitative estimate of drug-likeness (QED) is 0.333. The van der Waals surface area contributed by atoms with Crippen LogP contribution in [0.3, 0.4) is 0 Å². The first-order valence-electron chi connectivity index (χ1n) is 10.8. The van der Waals surface area contributed by atoms with Crippen LogP contribution < -0.4 is 0 Å². The Labute approximate surface area is 193 Å². The van der Waals surface area contributed by atoms with E-state index in [1.165, 1.54) is 30.7 Å². The molecule has 0 spiro atoms. The second kappa shape index (κ2) is 9.40. The van der Waals surface area contributed by atoms with Crippen molar-refractivity contribution in [2.45, 2.75) is 80.1 Å². The molecule has 30 heavy (non-hydrogen) atoms. The molecule has 1 aliphatic rings. The number of rotatable bonds is 3. The van der Waals surface area contributed by atoms with Gasteiger partial charge in [0.1, 0.15) is 0 Å². The number of allylic oxidation sites excluding steroid dienone is 9. The monoisotopic (exact) mass is 439 g/mol.